The minimum atomic E-state index is -4.24. The van der Waals surface area contributed by atoms with E-state index in [1.54, 1.807) is 12.1 Å². The second kappa shape index (κ2) is 6.29. The maximum absolute atomic E-state index is 12.5. The van der Waals surface area contributed by atoms with E-state index in [1.807, 2.05) is 0 Å². The molecule has 0 aromatic heterocycles. The largest absolute Gasteiger partial charge is 0.416 e. The molecule has 1 saturated carbocycles. The number of rotatable bonds is 2. The van der Waals surface area contributed by atoms with E-state index in [0.29, 0.717) is 10.7 Å². The highest BCUT2D eigenvalue weighted by molar-refractivity contribution is 9.09. The van der Waals surface area contributed by atoms with Gasteiger partial charge in [-0.3, -0.25) is 0 Å². The third kappa shape index (κ3) is 4.23. The Hall–Kier alpha value is -0.510. The van der Waals surface area contributed by atoms with Crippen molar-refractivity contribution in [3.05, 3.63) is 35.4 Å². The lowest BCUT2D eigenvalue weighted by Crippen LogP contribution is -2.15. The van der Waals surface area contributed by atoms with Gasteiger partial charge in [0.2, 0.25) is 0 Å². The molecule has 106 valence electrons. The second-order valence-corrected chi connectivity index (χ2v) is 6.49. The Morgan fingerprint density at radius 1 is 1.00 bits per heavy atom. The summed E-state index contributed by atoms with van der Waals surface area (Å²) in [6.45, 7) is 0. The molecule has 1 aliphatic rings. The Morgan fingerprint density at radius 2 is 1.63 bits per heavy atom. The molecule has 0 N–H and O–H groups in total. The van der Waals surface area contributed by atoms with Crippen molar-refractivity contribution in [2.24, 2.45) is 5.92 Å². The van der Waals surface area contributed by atoms with Gasteiger partial charge in [-0.15, -0.1) is 0 Å². The fraction of sp³-hybridized carbons (Fsp3) is 0.600. The van der Waals surface area contributed by atoms with Gasteiger partial charge in [-0.05, 0) is 42.9 Å². The average Bonchev–Trinajstić information content (AvgIpc) is 2.55. The van der Waals surface area contributed by atoms with Crippen LogP contribution >= 0.6 is 15.9 Å². The van der Waals surface area contributed by atoms with Gasteiger partial charge in [-0.2, -0.15) is 13.2 Å². The molecule has 1 aliphatic carbocycles. The van der Waals surface area contributed by atoms with Crippen LogP contribution in [-0.2, 0) is 12.6 Å². The fourth-order valence-electron chi connectivity index (χ4n) is 2.70. The van der Waals surface area contributed by atoms with E-state index in [1.165, 1.54) is 37.8 Å². The third-order valence-corrected chi connectivity index (χ3v) is 5.05. The first-order valence-corrected chi connectivity index (χ1v) is 7.68. The number of hydrogen-bond donors (Lipinski definition) is 0. The summed E-state index contributed by atoms with van der Waals surface area (Å²) in [5, 5.41) is 0. The smallest absolute Gasteiger partial charge is 0.166 e. The Bertz CT molecular complexity index is 397. The molecule has 1 aromatic rings. The molecule has 2 atom stereocenters. The standard InChI is InChI=1S/C15H18BrF3/c16-14-5-3-1-2-4-12(14)10-11-6-8-13(9-7-11)15(17,18)19/h6-9,12,14H,1-5,10H2. The van der Waals surface area contributed by atoms with Crippen LogP contribution in [0.3, 0.4) is 0 Å². The van der Waals surface area contributed by atoms with Crippen LogP contribution in [0.25, 0.3) is 0 Å². The van der Waals surface area contributed by atoms with Crippen molar-refractivity contribution in [2.75, 3.05) is 0 Å². The molecule has 0 radical (unpaired) electrons. The summed E-state index contributed by atoms with van der Waals surface area (Å²) >= 11 is 3.73. The van der Waals surface area contributed by atoms with Crippen LogP contribution in [0.5, 0.6) is 0 Å². The Kier molecular flexibility index (Phi) is 4.93. The van der Waals surface area contributed by atoms with Crippen LogP contribution in [0.4, 0.5) is 13.2 Å². The van der Waals surface area contributed by atoms with Gasteiger partial charge in [0.15, 0.2) is 0 Å². The van der Waals surface area contributed by atoms with E-state index in [2.05, 4.69) is 15.9 Å². The van der Waals surface area contributed by atoms with Crippen molar-refractivity contribution in [1.29, 1.82) is 0 Å². The van der Waals surface area contributed by atoms with E-state index >= 15 is 0 Å². The Morgan fingerprint density at radius 3 is 2.26 bits per heavy atom. The fourth-order valence-corrected chi connectivity index (χ4v) is 3.48. The zero-order chi connectivity index (χ0) is 13.9. The van der Waals surface area contributed by atoms with Gasteiger partial charge in [0.25, 0.3) is 0 Å². The molecule has 0 spiro atoms. The highest BCUT2D eigenvalue weighted by Crippen LogP contribution is 2.33. The summed E-state index contributed by atoms with van der Waals surface area (Å²) in [5.41, 5.74) is 0.442. The van der Waals surface area contributed by atoms with Gasteiger partial charge in [-0.25, -0.2) is 0 Å². The first kappa shape index (κ1) is 14.9. The van der Waals surface area contributed by atoms with Crippen LogP contribution in [0.15, 0.2) is 24.3 Å². The van der Waals surface area contributed by atoms with Crippen molar-refractivity contribution in [2.45, 2.75) is 49.5 Å². The maximum atomic E-state index is 12.5. The molecule has 0 amide bonds. The molecule has 0 aliphatic heterocycles. The molecule has 19 heavy (non-hydrogen) atoms. The van der Waals surface area contributed by atoms with Crippen LogP contribution < -0.4 is 0 Å². The molecule has 2 rings (SSSR count). The second-order valence-electron chi connectivity index (χ2n) is 5.31. The number of alkyl halides is 4. The minimum absolute atomic E-state index is 0.497. The molecule has 1 fully saturated rings. The highest BCUT2D eigenvalue weighted by atomic mass is 79.9. The van der Waals surface area contributed by atoms with Crippen molar-refractivity contribution in [3.8, 4) is 0 Å². The summed E-state index contributed by atoms with van der Waals surface area (Å²) in [5.74, 6) is 0.541. The van der Waals surface area contributed by atoms with Crippen LogP contribution in [0.2, 0.25) is 0 Å². The molecule has 0 nitrogen and oxygen atoms in total. The first-order chi connectivity index (χ1) is 8.97. The summed E-state index contributed by atoms with van der Waals surface area (Å²) in [7, 11) is 0. The van der Waals surface area contributed by atoms with Crippen molar-refractivity contribution >= 4 is 15.9 Å². The predicted molar refractivity (Wildman–Crippen MR) is 74.4 cm³/mol. The first-order valence-electron chi connectivity index (χ1n) is 6.77. The molecule has 0 bridgehead atoms. The van der Waals surface area contributed by atoms with Gasteiger partial charge in [0, 0.05) is 4.83 Å². The molecule has 0 heterocycles. The Balaban J connectivity index is 2.02. The third-order valence-electron chi connectivity index (χ3n) is 3.85. The van der Waals surface area contributed by atoms with E-state index < -0.39 is 11.7 Å². The SMILES string of the molecule is FC(F)(F)c1ccc(CC2CCCCCC2Br)cc1. The van der Waals surface area contributed by atoms with Crippen molar-refractivity contribution in [3.63, 3.8) is 0 Å². The van der Waals surface area contributed by atoms with Crippen LogP contribution in [0, 0.1) is 5.92 Å². The number of benzene rings is 1. The molecule has 2 unspecified atom stereocenters. The molecule has 4 heteroatoms. The summed E-state index contributed by atoms with van der Waals surface area (Å²) in [4.78, 5) is 0.497. The van der Waals surface area contributed by atoms with Gasteiger partial charge in [-0.1, -0.05) is 47.3 Å². The van der Waals surface area contributed by atoms with Gasteiger partial charge in [0.1, 0.15) is 0 Å². The lowest BCUT2D eigenvalue weighted by Gasteiger charge is -2.20. The number of halogens is 4. The maximum Gasteiger partial charge on any atom is 0.416 e. The van der Waals surface area contributed by atoms with Crippen LogP contribution in [0.1, 0.15) is 43.2 Å². The zero-order valence-electron chi connectivity index (χ0n) is 10.7. The van der Waals surface area contributed by atoms with E-state index in [0.717, 1.165) is 18.4 Å². The van der Waals surface area contributed by atoms with Crippen LogP contribution in [-0.4, -0.2) is 4.83 Å². The monoisotopic (exact) mass is 334 g/mol. The minimum Gasteiger partial charge on any atom is -0.166 e. The van der Waals surface area contributed by atoms with E-state index in [9.17, 15) is 13.2 Å². The summed E-state index contributed by atoms with van der Waals surface area (Å²) in [6, 6.07) is 5.62. The summed E-state index contributed by atoms with van der Waals surface area (Å²) < 4.78 is 37.5. The topological polar surface area (TPSA) is 0 Å². The van der Waals surface area contributed by atoms with Gasteiger partial charge in [0.05, 0.1) is 5.56 Å². The number of hydrogen-bond acceptors (Lipinski definition) is 0. The molecular weight excluding hydrogens is 317 g/mol. The predicted octanol–water partition coefficient (Wildman–Crippen LogP) is 5.59. The van der Waals surface area contributed by atoms with Gasteiger partial charge < -0.3 is 0 Å². The quantitative estimate of drug-likeness (QED) is 0.488. The van der Waals surface area contributed by atoms with Crippen molar-refractivity contribution < 1.29 is 13.2 Å². The molecular formula is C15H18BrF3. The van der Waals surface area contributed by atoms with Crippen molar-refractivity contribution in [1.82, 2.24) is 0 Å². The lowest BCUT2D eigenvalue weighted by molar-refractivity contribution is -0.137. The molecule has 1 aromatic carbocycles. The normalized spacial score (nSPS) is 25.1. The molecule has 0 saturated heterocycles. The van der Waals surface area contributed by atoms with E-state index in [-0.39, 0.29) is 0 Å². The summed E-state index contributed by atoms with van der Waals surface area (Å²) in [6.07, 6.45) is 2.72. The highest BCUT2D eigenvalue weighted by Gasteiger charge is 2.30. The Labute approximate surface area is 120 Å². The van der Waals surface area contributed by atoms with Gasteiger partial charge >= 0.3 is 6.18 Å². The van der Waals surface area contributed by atoms with E-state index in [4.69, 9.17) is 0 Å². The zero-order valence-corrected chi connectivity index (χ0v) is 12.3. The lowest BCUT2D eigenvalue weighted by atomic mass is 9.92. The average molecular weight is 335 g/mol.